The van der Waals surface area contributed by atoms with Crippen molar-refractivity contribution in [3.8, 4) is 11.5 Å². The molecule has 0 fully saturated rings. The highest BCUT2D eigenvalue weighted by Crippen LogP contribution is 2.35. The van der Waals surface area contributed by atoms with Gasteiger partial charge in [0.2, 0.25) is 0 Å². The summed E-state index contributed by atoms with van der Waals surface area (Å²) in [5, 5.41) is 15.3. The molecule has 3 rings (SSSR count). The molecule has 4 N–H and O–H groups in total. The van der Waals surface area contributed by atoms with Gasteiger partial charge in [0.25, 0.3) is 0 Å². The van der Waals surface area contributed by atoms with Gasteiger partial charge in [-0.3, -0.25) is 15.7 Å². The van der Waals surface area contributed by atoms with Crippen molar-refractivity contribution in [2.24, 2.45) is 5.73 Å². The van der Waals surface area contributed by atoms with Gasteiger partial charge in [-0.25, -0.2) is 0 Å². The van der Waals surface area contributed by atoms with Crippen LogP contribution in [0.1, 0.15) is 11.1 Å². The third-order valence-electron chi connectivity index (χ3n) is 3.89. The zero-order valence-electron chi connectivity index (χ0n) is 13.0. The second kappa shape index (κ2) is 6.21. The van der Waals surface area contributed by atoms with Crippen molar-refractivity contribution < 1.29 is 17.9 Å². The molecule has 1 unspecified atom stereocenters. The molecule has 0 saturated heterocycles. The number of nitrogens with two attached hydrogens (primary N) is 1. The largest absolute Gasteiger partial charge is 0.457 e. The summed E-state index contributed by atoms with van der Waals surface area (Å²) in [6, 6.07) is 8.99. The Labute approximate surface area is 141 Å². The van der Waals surface area contributed by atoms with Crippen LogP contribution in [0.25, 0.3) is 0 Å². The van der Waals surface area contributed by atoms with Gasteiger partial charge >= 0.3 is 6.18 Å². The molecule has 2 aromatic carbocycles. The summed E-state index contributed by atoms with van der Waals surface area (Å²) in [4.78, 5) is 1.36. The number of alkyl halides is 3. The van der Waals surface area contributed by atoms with Crippen LogP contribution >= 0.6 is 0 Å². The van der Waals surface area contributed by atoms with Gasteiger partial charge in [-0.1, -0.05) is 6.07 Å². The van der Waals surface area contributed by atoms with Crippen molar-refractivity contribution in [1.82, 2.24) is 0 Å². The van der Waals surface area contributed by atoms with Gasteiger partial charge in [0.05, 0.1) is 23.6 Å². The van der Waals surface area contributed by atoms with Crippen molar-refractivity contribution >= 4 is 17.9 Å². The number of rotatable bonds is 3. The molecule has 8 heteroatoms. The lowest BCUT2D eigenvalue weighted by molar-refractivity contribution is -0.137. The maximum absolute atomic E-state index is 12.8. The van der Waals surface area contributed by atoms with Crippen molar-refractivity contribution in [1.29, 1.82) is 10.8 Å². The second-order valence-electron chi connectivity index (χ2n) is 5.61. The Hall–Kier alpha value is -2.87. The molecule has 130 valence electrons. The van der Waals surface area contributed by atoms with E-state index in [-0.39, 0.29) is 11.6 Å². The van der Waals surface area contributed by atoms with Crippen LogP contribution in [0.3, 0.4) is 0 Å². The molecule has 1 aliphatic heterocycles. The molecular formula is C17H15F3N4O. The molecule has 0 aliphatic carbocycles. The van der Waals surface area contributed by atoms with Gasteiger partial charge in [-0.2, -0.15) is 13.2 Å². The van der Waals surface area contributed by atoms with E-state index < -0.39 is 17.8 Å². The molecule has 0 saturated carbocycles. The van der Waals surface area contributed by atoms with Gasteiger partial charge < -0.3 is 10.5 Å². The number of fused-ring (bicyclic) bond motifs is 1. The maximum Gasteiger partial charge on any atom is 0.416 e. The molecule has 25 heavy (non-hydrogen) atoms. The molecule has 1 aliphatic rings. The predicted molar refractivity (Wildman–Crippen MR) is 88.6 cm³/mol. The van der Waals surface area contributed by atoms with E-state index in [2.05, 4.69) is 0 Å². The third-order valence-corrected chi connectivity index (χ3v) is 3.89. The molecule has 0 spiro atoms. The lowest BCUT2D eigenvalue weighted by Crippen LogP contribution is -2.47. The number of anilines is 1. The van der Waals surface area contributed by atoms with Crippen LogP contribution in [0.5, 0.6) is 11.5 Å². The van der Waals surface area contributed by atoms with Crippen LogP contribution in [0.2, 0.25) is 0 Å². The average Bonchev–Trinajstić information content (AvgIpc) is 2.56. The molecule has 1 heterocycles. The number of amidine groups is 1. The van der Waals surface area contributed by atoms with E-state index in [1.807, 2.05) is 0 Å². The zero-order valence-corrected chi connectivity index (χ0v) is 13.0. The summed E-state index contributed by atoms with van der Waals surface area (Å²) in [6.45, 7) is 0. The highest BCUT2D eigenvalue weighted by molar-refractivity contribution is 6.13. The van der Waals surface area contributed by atoms with Crippen molar-refractivity contribution in [3.63, 3.8) is 0 Å². The molecule has 1 atom stereocenters. The minimum Gasteiger partial charge on any atom is -0.457 e. The summed E-state index contributed by atoms with van der Waals surface area (Å²) in [5.41, 5.74) is 6.51. The molecule has 0 amide bonds. The molecule has 0 radical (unpaired) electrons. The fourth-order valence-electron chi connectivity index (χ4n) is 2.68. The minimum absolute atomic E-state index is 0.0755. The minimum atomic E-state index is -4.44. The quantitative estimate of drug-likeness (QED) is 0.583. The van der Waals surface area contributed by atoms with Crippen LogP contribution in [-0.4, -0.2) is 18.2 Å². The molecule has 0 aromatic heterocycles. The first-order valence-corrected chi connectivity index (χ1v) is 7.41. The SMILES string of the molecule is N=CN1C(=N)C(N)Cc2cc(Oc3cccc(C(F)(F)F)c3)ccc21. The second-order valence-corrected chi connectivity index (χ2v) is 5.61. The first-order valence-electron chi connectivity index (χ1n) is 7.41. The number of ether oxygens (including phenoxy) is 1. The number of benzene rings is 2. The van der Waals surface area contributed by atoms with Crippen LogP contribution in [0, 0.1) is 10.8 Å². The monoisotopic (exact) mass is 348 g/mol. The summed E-state index contributed by atoms with van der Waals surface area (Å²) in [7, 11) is 0. The fourth-order valence-corrected chi connectivity index (χ4v) is 2.68. The van der Waals surface area contributed by atoms with Crippen LogP contribution < -0.4 is 15.4 Å². The van der Waals surface area contributed by atoms with Crippen molar-refractivity contribution in [2.45, 2.75) is 18.6 Å². The first kappa shape index (κ1) is 17.0. The van der Waals surface area contributed by atoms with Gasteiger partial charge in [0, 0.05) is 0 Å². The Morgan fingerprint density at radius 3 is 2.56 bits per heavy atom. The van der Waals surface area contributed by atoms with E-state index in [1.54, 1.807) is 18.2 Å². The molecule has 0 bridgehead atoms. The summed E-state index contributed by atoms with van der Waals surface area (Å²) < 4.78 is 43.9. The Balaban J connectivity index is 1.90. The van der Waals surface area contributed by atoms with Crippen molar-refractivity contribution in [3.05, 3.63) is 53.6 Å². The van der Waals surface area contributed by atoms with E-state index in [4.69, 9.17) is 21.3 Å². The van der Waals surface area contributed by atoms with E-state index >= 15 is 0 Å². The van der Waals surface area contributed by atoms with E-state index in [1.165, 1.54) is 17.0 Å². The van der Waals surface area contributed by atoms with Gasteiger partial charge in [0.15, 0.2) is 0 Å². The standard InChI is InChI=1S/C17H15F3N4O/c18-17(19,20)11-2-1-3-12(8-11)25-13-4-5-15-10(6-13)7-14(22)16(23)24(15)9-21/h1-6,8-9,14,21,23H,7,22H2. The summed E-state index contributed by atoms with van der Waals surface area (Å²) in [6.07, 6.45) is -3.04. The van der Waals surface area contributed by atoms with Gasteiger partial charge in [-0.15, -0.1) is 0 Å². The Morgan fingerprint density at radius 1 is 1.16 bits per heavy atom. The first-order chi connectivity index (χ1) is 11.8. The van der Waals surface area contributed by atoms with Gasteiger partial charge in [0.1, 0.15) is 17.3 Å². The fraction of sp³-hybridized carbons (Fsp3) is 0.176. The predicted octanol–water partition coefficient (Wildman–Crippen LogP) is 3.77. The number of hydrogen-bond acceptors (Lipinski definition) is 4. The average molecular weight is 348 g/mol. The highest BCUT2D eigenvalue weighted by Gasteiger charge is 2.31. The molecule has 5 nitrogen and oxygen atoms in total. The van der Waals surface area contributed by atoms with Crippen LogP contribution in [0.15, 0.2) is 42.5 Å². The topological polar surface area (TPSA) is 86.2 Å². The lowest BCUT2D eigenvalue weighted by atomic mass is 9.97. The van der Waals surface area contributed by atoms with Gasteiger partial charge in [-0.05, 0) is 48.4 Å². The number of nitrogens with one attached hydrogen (secondary N) is 2. The normalized spacial score (nSPS) is 17.2. The van der Waals surface area contributed by atoms with E-state index in [0.717, 1.165) is 24.0 Å². The molecule has 2 aromatic rings. The number of halogens is 3. The maximum atomic E-state index is 12.8. The lowest BCUT2D eigenvalue weighted by Gasteiger charge is -2.31. The highest BCUT2D eigenvalue weighted by atomic mass is 19.4. The van der Waals surface area contributed by atoms with Crippen LogP contribution in [-0.2, 0) is 12.6 Å². The number of hydrogen-bond donors (Lipinski definition) is 3. The Kier molecular flexibility index (Phi) is 4.22. The van der Waals surface area contributed by atoms with E-state index in [0.29, 0.717) is 17.9 Å². The zero-order chi connectivity index (χ0) is 18.2. The Morgan fingerprint density at radius 2 is 1.88 bits per heavy atom. The van der Waals surface area contributed by atoms with Crippen LogP contribution in [0.4, 0.5) is 18.9 Å². The third kappa shape index (κ3) is 3.34. The number of nitrogens with zero attached hydrogens (tertiary/aromatic N) is 1. The Bertz CT molecular complexity index is 835. The van der Waals surface area contributed by atoms with Crippen molar-refractivity contribution in [2.75, 3.05) is 4.90 Å². The molecular weight excluding hydrogens is 333 g/mol. The summed E-state index contributed by atoms with van der Waals surface area (Å²) in [5.74, 6) is 0.559. The van der Waals surface area contributed by atoms with E-state index in [9.17, 15) is 13.2 Å². The summed E-state index contributed by atoms with van der Waals surface area (Å²) >= 11 is 0. The smallest absolute Gasteiger partial charge is 0.416 e.